The molecule has 2 fully saturated rings. The Balaban J connectivity index is 0.00000198. The SMILES string of the molecule is CC.CC(C)(C)OC(=O)N1CCC(CC(=O)N2CCN([C@@H]3c4ccc(Cl)cc4CCc4cc(Br)c[n+](O)c43)CC2)CC1. The zero-order valence-corrected chi connectivity index (χ0v) is 27.9. The van der Waals surface area contributed by atoms with E-state index in [9.17, 15) is 14.8 Å². The third-order valence-electron chi connectivity index (χ3n) is 8.22. The number of rotatable bonds is 3. The van der Waals surface area contributed by atoms with E-state index in [1.165, 1.54) is 10.3 Å². The summed E-state index contributed by atoms with van der Waals surface area (Å²) in [5.74, 6) is 0.464. The van der Waals surface area contributed by atoms with Gasteiger partial charge >= 0.3 is 6.09 Å². The van der Waals surface area contributed by atoms with Gasteiger partial charge in [-0.05, 0) is 97.6 Å². The second-order valence-electron chi connectivity index (χ2n) is 12.2. The van der Waals surface area contributed by atoms with Crippen molar-refractivity contribution in [3.63, 3.8) is 0 Å². The summed E-state index contributed by atoms with van der Waals surface area (Å²) in [7, 11) is 0. The van der Waals surface area contributed by atoms with Crippen molar-refractivity contribution in [2.45, 2.75) is 78.4 Å². The highest BCUT2D eigenvalue weighted by Gasteiger charge is 2.39. The van der Waals surface area contributed by atoms with Gasteiger partial charge in [-0.15, -0.1) is 0 Å². The molecule has 3 aliphatic rings. The minimum Gasteiger partial charge on any atom is -0.444 e. The Morgan fingerprint density at radius 2 is 1.64 bits per heavy atom. The largest absolute Gasteiger partial charge is 0.444 e. The van der Waals surface area contributed by atoms with Crippen molar-refractivity contribution < 1.29 is 24.3 Å². The van der Waals surface area contributed by atoms with Gasteiger partial charge in [-0.25, -0.2) is 4.79 Å². The van der Waals surface area contributed by atoms with Crippen molar-refractivity contribution in [3.05, 3.63) is 62.3 Å². The Bertz CT molecular complexity index is 1270. The Morgan fingerprint density at radius 1 is 1.00 bits per heavy atom. The highest BCUT2D eigenvalue weighted by molar-refractivity contribution is 9.10. The number of carbonyl (C=O) groups excluding carboxylic acids is 2. The van der Waals surface area contributed by atoms with Crippen LogP contribution in [0.25, 0.3) is 0 Å². The van der Waals surface area contributed by atoms with E-state index in [1.54, 1.807) is 11.1 Å². The molecule has 1 aliphatic carbocycles. The number of carbonyl (C=O) groups is 2. The summed E-state index contributed by atoms with van der Waals surface area (Å²) in [5.41, 5.74) is 3.82. The van der Waals surface area contributed by atoms with Gasteiger partial charge in [0.25, 0.3) is 5.69 Å². The number of aryl methyl sites for hydroxylation is 2. The number of aromatic nitrogens is 1. The second kappa shape index (κ2) is 14.0. The standard InChI is InChI=1S/C30H39BrClN4O4.C2H6/c1-30(2,3)40-29(38)35-10-8-20(9-11-35)16-26(37)33-12-14-34(15-13-33)28-25-7-6-24(32)18-21(25)4-5-22-17-23(31)19-36(39)27(22)28;1-2/h6-7,17-20,28,39H,4-5,8-16H2,1-3H3;1-2H3/q+1;/t28-;/m1./s1. The highest BCUT2D eigenvalue weighted by atomic mass is 79.9. The molecule has 10 heteroatoms. The fourth-order valence-corrected chi connectivity index (χ4v) is 6.87. The molecule has 5 rings (SSSR count). The van der Waals surface area contributed by atoms with Gasteiger partial charge in [-0.3, -0.25) is 14.9 Å². The molecule has 1 N–H and O–H groups in total. The number of piperidine rings is 1. The lowest BCUT2D eigenvalue weighted by molar-refractivity contribution is -0.911. The lowest BCUT2D eigenvalue weighted by Crippen LogP contribution is -2.52. The highest BCUT2D eigenvalue weighted by Crippen LogP contribution is 2.37. The summed E-state index contributed by atoms with van der Waals surface area (Å²) in [6.07, 6.45) is 5.23. The second-order valence-corrected chi connectivity index (χ2v) is 13.5. The normalized spacial score (nSPS) is 19.6. The third kappa shape index (κ3) is 7.77. The minimum atomic E-state index is -0.506. The number of amides is 2. The topological polar surface area (TPSA) is 77.2 Å². The van der Waals surface area contributed by atoms with Gasteiger partial charge in [0.15, 0.2) is 0 Å². The van der Waals surface area contributed by atoms with Crippen LogP contribution < -0.4 is 4.73 Å². The molecule has 230 valence electrons. The molecule has 3 heterocycles. The number of benzene rings is 1. The van der Waals surface area contributed by atoms with E-state index in [0.717, 1.165) is 47.0 Å². The minimum absolute atomic E-state index is 0.127. The summed E-state index contributed by atoms with van der Waals surface area (Å²) in [5, 5.41) is 11.7. The Hall–Kier alpha value is -2.36. The van der Waals surface area contributed by atoms with Crippen LogP contribution in [0.3, 0.4) is 0 Å². The van der Waals surface area contributed by atoms with E-state index in [4.69, 9.17) is 16.3 Å². The van der Waals surface area contributed by atoms with Crippen molar-refractivity contribution in [2.75, 3.05) is 39.3 Å². The van der Waals surface area contributed by atoms with E-state index in [1.807, 2.05) is 51.7 Å². The number of hydrogen-bond acceptors (Lipinski definition) is 5. The molecule has 1 aromatic carbocycles. The number of piperazine rings is 1. The molecule has 42 heavy (non-hydrogen) atoms. The number of likely N-dealkylation sites (tertiary alicyclic amines) is 1. The van der Waals surface area contributed by atoms with Gasteiger partial charge in [-0.1, -0.05) is 31.5 Å². The van der Waals surface area contributed by atoms with Crippen molar-refractivity contribution in [1.82, 2.24) is 14.7 Å². The first-order chi connectivity index (χ1) is 20.0. The lowest BCUT2D eigenvalue weighted by atomic mass is 9.93. The fourth-order valence-electron chi connectivity index (χ4n) is 6.21. The van der Waals surface area contributed by atoms with Crippen LogP contribution in [-0.2, 0) is 22.4 Å². The number of hydrogen-bond donors (Lipinski definition) is 1. The summed E-state index contributed by atoms with van der Waals surface area (Å²) in [4.78, 5) is 31.8. The number of pyridine rings is 1. The van der Waals surface area contributed by atoms with Crippen LogP contribution in [0, 0.1) is 5.92 Å². The first kappa shape index (κ1) is 32.6. The van der Waals surface area contributed by atoms with Crippen molar-refractivity contribution >= 4 is 39.5 Å². The van der Waals surface area contributed by atoms with Gasteiger partial charge in [0, 0.05) is 61.0 Å². The average Bonchev–Trinajstić information content (AvgIpc) is 3.10. The molecule has 2 saturated heterocycles. The quantitative estimate of drug-likeness (QED) is 0.321. The maximum atomic E-state index is 13.3. The number of ether oxygens (including phenoxy) is 1. The van der Waals surface area contributed by atoms with Crippen LogP contribution in [0.5, 0.6) is 0 Å². The maximum absolute atomic E-state index is 13.3. The van der Waals surface area contributed by atoms with E-state index >= 15 is 0 Å². The first-order valence-corrected chi connectivity index (χ1v) is 16.4. The number of fused-ring (bicyclic) bond motifs is 2. The van der Waals surface area contributed by atoms with Crippen LogP contribution in [0.15, 0.2) is 34.9 Å². The fraction of sp³-hybridized carbons (Fsp3) is 0.594. The van der Waals surface area contributed by atoms with Crippen molar-refractivity contribution in [1.29, 1.82) is 0 Å². The predicted octanol–water partition coefficient (Wildman–Crippen LogP) is 6.02. The van der Waals surface area contributed by atoms with Gasteiger partial charge in [0.05, 0.1) is 4.47 Å². The predicted molar refractivity (Wildman–Crippen MR) is 167 cm³/mol. The van der Waals surface area contributed by atoms with E-state index in [-0.39, 0.29) is 24.0 Å². The molecule has 0 saturated carbocycles. The Kier molecular flexibility index (Phi) is 10.8. The number of halogens is 2. The molecule has 0 radical (unpaired) electrons. The molecular formula is C32H45BrClN4O4+. The number of nitrogens with zero attached hydrogens (tertiary/aromatic N) is 4. The zero-order chi connectivity index (χ0) is 30.6. The van der Waals surface area contributed by atoms with Crippen LogP contribution in [-0.4, -0.2) is 76.8 Å². The van der Waals surface area contributed by atoms with Crippen molar-refractivity contribution in [3.8, 4) is 0 Å². The van der Waals surface area contributed by atoms with Crippen LogP contribution in [0.2, 0.25) is 5.02 Å². The van der Waals surface area contributed by atoms with Gasteiger partial charge in [0.1, 0.15) is 11.6 Å². The third-order valence-corrected chi connectivity index (χ3v) is 8.89. The van der Waals surface area contributed by atoms with Crippen LogP contribution in [0.4, 0.5) is 4.79 Å². The van der Waals surface area contributed by atoms with E-state index in [2.05, 4.69) is 33.0 Å². The van der Waals surface area contributed by atoms with E-state index in [0.29, 0.717) is 50.7 Å². The first-order valence-electron chi connectivity index (χ1n) is 15.2. The molecule has 0 bridgehead atoms. The van der Waals surface area contributed by atoms with Crippen molar-refractivity contribution in [2.24, 2.45) is 5.92 Å². The smallest absolute Gasteiger partial charge is 0.410 e. The molecule has 0 unspecified atom stereocenters. The molecule has 1 aromatic heterocycles. The van der Waals surface area contributed by atoms with Gasteiger partial charge in [0.2, 0.25) is 12.1 Å². The molecule has 8 nitrogen and oxygen atoms in total. The summed E-state index contributed by atoms with van der Waals surface area (Å²) in [6.45, 7) is 13.6. The molecule has 2 amide bonds. The molecular weight excluding hydrogens is 620 g/mol. The lowest BCUT2D eigenvalue weighted by Gasteiger charge is -2.39. The summed E-state index contributed by atoms with van der Waals surface area (Å²) < 4.78 is 7.60. The maximum Gasteiger partial charge on any atom is 0.410 e. The molecule has 2 aromatic rings. The molecule has 1 atom stereocenters. The molecule has 0 spiro atoms. The van der Waals surface area contributed by atoms with Gasteiger partial charge < -0.3 is 14.5 Å². The average molecular weight is 665 g/mol. The molecule has 2 aliphatic heterocycles. The monoisotopic (exact) mass is 663 g/mol. The van der Waals surface area contributed by atoms with Crippen LogP contribution in [0.1, 0.15) is 82.3 Å². The Morgan fingerprint density at radius 3 is 2.29 bits per heavy atom. The Labute approximate surface area is 263 Å². The van der Waals surface area contributed by atoms with Gasteiger partial charge in [-0.2, -0.15) is 0 Å². The zero-order valence-electron chi connectivity index (χ0n) is 25.5. The van der Waals surface area contributed by atoms with E-state index < -0.39 is 5.60 Å². The summed E-state index contributed by atoms with van der Waals surface area (Å²) >= 11 is 9.90. The van der Waals surface area contributed by atoms with Crippen LogP contribution >= 0.6 is 27.5 Å². The summed E-state index contributed by atoms with van der Waals surface area (Å²) in [6, 6.07) is 8.02.